The van der Waals surface area contributed by atoms with Crippen LogP contribution >= 0.6 is 23.6 Å². The van der Waals surface area contributed by atoms with E-state index in [1.807, 2.05) is 6.20 Å². The maximum Gasteiger partial charge on any atom is 0.166 e. The Kier molecular flexibility index (Phi) is 4.28. The Hall–Kier alpha value is -0.680. The summed E-state index contributed by atoms with van der Waals surface area (Å²) in [6.07, 6.45) is 2.97. The normalized spacial score (nSPS) is 12.2. The number of nitrogens with one attached hydrogen (secondary N) is 2. The van der Waals surface area contributed by atoms with Gasteiger partial charge >= 0.3 is 0 Å². The van der Waals surface area contributed by atoms with Gasteiger partial charge in [0.2, 0.25) is 0 Å². The molecule has 0 aromatic carbocycles. The van der Waals surface area contributed by atoms with E-state index in [0.717, 1.165) is 11.4 Å². The summed E-state index contributed by atoms with van der Waals surface area (Å²) in [5.74, 6) is 0. The number of aromatic nitrogens is 1. The molecule has 1 aromatic heterocycles. The zero-order valence-electron chi connectivity index (χ0n) is 8.63. The Morgan fingerprint density at radius 2 is 2.43 bits per heavy atom. The second-order valence-corrected chi connectivity index (χ2v) is 4.52. The number of hydrogen-bond acceptors (Lipinski definition) is 3. The van der Waals surface area contributed by atoms with Crippen molar-refractivity contribution in [3.05, 3.63) is 16.1 Å². The first kappa shape index (κ1) is 11.4. The fourth-order valence-electron chi connectivity index (χ4n) is 1.02. The number of nitrogens with zero attached hydrogens (tertiary/aromatic N) is 1. The van der Waals surface area contributed by atoms with E-state index >= 15 is 0 Å². The van der Waals surface area contributed by atoms with Gasteiger partial charge in [0.15, 0.2) is 5.11 Å². The van der Waals surface area contributed by atoms with Gasteiger partial charge in [0, 0.05) is 18.1 Å². The lowest BCUT2D eigenvalue weighted by Gasteiger charge is -2.12. The molecule has 78 valence electrons. The smallest absolute Gasteiger partial charge is 0.166 e. The van der Waals surface area contributed by atoms with E-state index < -0.39 is 0 Å². The number of hydrogen-bond donors (Lipinski definition) is 2. The van der Waals surface area contributed by atoms with Crippen molar-refractivity contribution >= 4 is 28.7 Å². The van der Waals surface area contributed by atoms with Crippen molar-refractivity contribution < 1.29 is 0 Å². The third-order valence-electron chi connectivity index (χ3n) is 1.86. The Labute approximate surface area is 93.9 Å². The molecule has 14 heavy (non-hydrogen) atoms. The maximum atomic E-state index is 5.02. The standard InChI is InChI=1S/C9H15N3S2/c1-4-7-5-11-8(14-7)6(2)12-9(13)10-3/h5-6H,4H2,1-3H3,(H2,10,12,13). The molecule has 0 fully saturated rings. The Morgan fingerprint density at radius 1 is 1.71 bits per heavy atom. The van der Waals surface area contributed by atoms with Crippen molar-refractivity contribution in [3.63, 3.8) is 0 Å². The van der Waals surface area contributed by atoms with Gasteiger partial charge in [-0.05, 0) is 25.6 Å². The van der Waals surface area contributed by atoms with Crippen molar-refractivity contribution in [2.45, 2.75) is 26.3 Å². The fraction of sp³-hybridized carbons (Fsp3) is 0.556. The molecule has 1 unspecified atom stereocenters. The van der Waals surface area contributed by atoms with Gasteiger partial charge in [-0.3, -0.25) is 0 Å². The van der Waals surface area contributed by atoms with Crippen LogP contribution < -0.4 is 10.6 Å². The Balaban J connectivity index is 2.60. The highest BCUT2D eigenvalue weighted by molar-refractivity contribution is 7.80. The van der Waals surface area contributed by atoms with Crippen LogP contribution in [0.4, 0.5) is 0 Å². The van der Waals surface area contributed by atoms with Gasteiger partial charge < -0.3 is 10.6 Å². The maximum absolute atomic E-state index is 5.02. The van der Waals surface area contributed by atoms with Crippen LogP contribution in [0.5, 0.6) is 0 Å². The third-order valence-corrected chi connectivity index (χ3v) is 3.51. The van der Waals surface area contributed by atoms with E-state index in [1.165, 1.54) is 4.88 Å². The first-order valence-electron chi connectivity index (χ1n) is 4.60. The van der Waals surface area contributed by atoms with Gasteiger partial charge in [-0.1, -0.05) is 6.92 Å². The molecule has 1 aromatic rings. The zero-order chi connectivity index (χ0) is 10.6. The van der Waals surface area contributed by atoms with Gasteiger partial charge in [-0.25, -0.2) is 4.98 Å². The van der Waals surface area contributed by atoms with Crippen LogP contribution in [0, 0.1) is 0 Å². The van der Waals surface area contributed by atoms with Gasteiger partial charge in [0.25, 0.3) is 0 Å². The van der Waals surface area contributed by atoms with Crippen LogP contribution in [0.1, 0.15) is 29.8 Å². The van der Waals surface area contributed by atoms with E-state index in [-0.39, 0.29) is 6.04 Å². The minimum absolute atomic E-state index is 0.181. The molecule has 1 atom stereocenters. The molecule has 0 saturated carbocycles. The molecule has 0 saturated heterocycles. The first-order valence-corrected chi connectivity index (χ1v) is 5.82. The minimum atomic E-state index is 0.181. The average molecular weight is 229 g/mol. The van der Waals surface area contributed by atoms with Gasteiger partial charge in [0.1, 0.15) is 5.01 Å². The van der Waals surface area contributed by atoms with Crippen LogP contribution in [-0.2, 0) is 6.42 Å². The highest BCUT2D eigenvalue weighted by Crippen LogP contribution is 2.19. The summed E-state index contributed by atoms with van der Waals surface area (Å²) in [4.78, 5) is 5.65. The summed E-state index contributed by atoms with van der Waals surface area (Å²) in [6, 6.07) is 0.181. The molecule has 3 nitrogen and oxygen atoms in total. The third kappa shape index (κ3) is 2.92. The predicted molar refractivity (Wildman–Crippen MR) is 64.7 cm³/mol. The molecular weight excluding hydrogens is 214 g/mol. The summed E-state index contributed by atoms with van der Waals surface area (Å²) in [7, 11) is 1.81. The molecule has 0 aliphatic carbocycles. The Bertz CT molecular complexity index is 309. The molecule has 0 bridgehead atoms. The topological polar surface area (TPSA) is 37.0 Å². The zero-order valence-corrected chi connectivity index (χ0v) is 10.3. The molecule has 0 aliphatic heterocycles. The quantitative estimate of drug-likeness (QED) is 0.776. The van der Waals surface area contributed by atoms with E-state index in [0.29, 0.717) is 5.11 Å². The molecule has 0 radical (unpaired) electrons. The molecule has 0 aliphatic rings. The lowest BCUT2D eigenvalue weighted by atomic mass is 10.4. The van der Waals surface area contributed by atoms with Gasteiger partial charge in [-0.15, -0.1) is 11.3 Å². The summed E-state index contributed by atoms with van der Waals surface area (Å²) < 4.78 is 0. The number of thiocarbonyl (C=S) groups is 1. The van der Waals surface area contributed by atoms with E-state index in [2.05, 4.69) is 29.5 Å². The van der Waals surface area contributed by atoms with Gasteiger partial charge in [0.05, 0.1) is 6.04 Å². The molecule has 0 amide bonds. The summed E-state index contributed by atoms with van der Waals surface area (Å²) in [5, 5.41) is 7.78. The van der Waals surface area contributed by atoms with Crippen LogP contribution in [-0.4, -0.2) is 17.1 Å². The van der Waals surface area contributed by atoms with Crippen LogP contribution in [0.15, 0.2) is 6.20 Å². The summed E-state index contributed by atoms with van der Waals surface area (Å²) >= 11 is 6.75. The molecular formula is C9H15N3S2. The van der Waals surface area contributed by atoms with Crippen molar-refractivity contribution in [2.24, 2.45) is 0 Å². The lowest BCUT2D eigenvalue weighted by molar-refractivity contribution is 0.703. The minimum Gasteiger partial charge on any atom is -0.366 e. The van der Waals surface area contributed by atoms with E-state index in [1.54, 1.807) is 18.4 Å². The molecule has 2 N–H and O–H groups in total. The van der Waals surface area contributed by atoms with Crippen molar-refractivity contribution in [3.8, 4) is 0 Å². The SMILES string of the molecule is CCc1cnc(C(C)NC(=S)NC)s1. The second kappa shape index (κ2) is 5.26. The summed E-state index contributed by atoms with van der Waals surface area (Å²) in [5.41, 5.74) is 0. The number of aryl methyl sites for hydroxylation is 1. The molecule has 0 spiro atoms. The number of thiazole rings is 1. The van der Waals surface area contributed by atoms with Gasteiger partial charge in [-0.2, -0.15) is 0 Å². The Morgan fingerprint density at radius 3 is 2.93 bits per heavy atom. The van der Waals surface area contributed by atoms with Crippen molar-refractivity contribution in [1.82, 2.24) is 15.6 Å². The monoisotopic (exact) mass is 229 g/mol. The van der Waals surface area contributed by atoms with Crippen LogP contribution in [0.2, 0.25) is 0 Å². The largest absolute Gasteiger partial charge is 0.366 e. The molecule has 1 heterocycles. The predicted octanol–water partition coefficient (Wildman–Crippen LogP) is 1.86. The fourth-order valence-corrected chi connectivity index (χ4v) is 2.05. The van der Waals surface area contributed by atoms with Crippen LogP contribution in [0.3, 0.4) is 0 Å². The summed E-state index contributed by atoms with van der Waals surface area (Å²) in [6.45, 7) is 4.19. The lowest BCUT2D eigenvalue weighted by Crippen LogP contribution is -2.34. The van der Waals surface area contributed by atoms with Crippen molar-refractivity contribution in [2.75, 3.05) is 7.05 Å². The molecule has 1 rings (SSSR count). The van der Waals surface area contributed by atoms with E-state index in [9.17, 15) is 0 Å². The molecule has 5 heteroatoms. The van der Waals surface area contributed by atoms with Crippen molar-refractivity contribution in [1.29, 1.82) is 0 Å². The van der Waals surface area contributed by atoms with Crippen LogP contribution in [0.25, 0.3) is 0 Å². The highest BCUT2D eigenvalue weighted by Gasteiger charge is 2.10. The van der Waals surface area contributed by atoms with E-state index in [4.69, 9.17) is 12.2 Å². The highest BCUT2D eigenvalue weighted by atomic mass is 32.1. The second-order valence-electron chi connectivity index (χ2n) is 2.96. The number of rotatable bonds is 3. The average Bonchev–Trinajstić information content (AvgIpc) is 2.65. The first-order chi connectivity index (χ1) is 6.67.